The molecule has 5 heteroatoms. The van der Waals surface area contributed by atoms with Crippen LogP contribution in [0.2, 0.25) is 0 Å². The largest absolute Gasteiger partial charge is 0.463 e. The molecule has 1 saturated heterocycles. The molecule has 1 heterocycles. The molecule has 1 fully saturated rings. The van der Waals surface area contributed by atoms with Crippen LogP contribution in [0.4, 0.5) is 0 Å². The number of imide groups is 1. The highest BCUT2D eigenvalue weighted by Gasteiger charge is 2.48. The number of ether oxygens (including phenoxy) is 1. The minimum Gasteiger partial charge on any atom is -0.463 e. The smallest absolute Gasteiger partial charge is 0.334 e. The lowest BCUT2D eigenvalue weighted by molar-refractivity contribution is -0.140. The molecule has 2 amide bonds. The van der Waals surface area contributed by atoms with Gasteiger partial charge in [-0.2, -0.15) is 0 Å². The standard InChI is InChI=1S/C10H11NO4/c1-2-15-10(14)6-4-3-5-7(6)9(13)11-8(5)12/h4-5,7H,2-3H2,1H3,(H,11,12,13). The second-order valence-electron chi connectivity index (χ2n) is 3.55. The van der Waals surface area contributed by atoms with Gasteiger partial charge in [0.15, 0.2) is 0 Å². The number of hydrogen-bond donors (Lipinski definition) is 1. The third kappa shape index (κ3) is 1.44. The van der Waals surface area contributed by atoms with E-state index >= 15 is 0 Å². The molecular weight excluding hydrogens is 198 g/mol. The van der Waals surface area contributed by atoms with Crippen molar-refractivity contribution in [1.29, 1.82) is 0 Å². The molecule has 15 heavy (non-hydrogen) atoms. The predicted octanol–water partition coefficient (Wildman–Crippen LogP) is -0.232. The summed E-state index contributed by atoms with van der Waals surface area (Å²) < 4.78 is 4.82. The lowest BCUT2D eigenvalue weighted by Crippen LogP contribution is -2.25. The molecule has 2 rings (SSSR count). The molecular formula is C10H11NO4. The minimum absolute atomic E-state index is 0.267. The summed E-state index contributed by atoms with van der Waals surface area (Å²) >= 11 is 0. The van der Waals surface area contributed by atoms with Crippen LogP contribution in [-0.4, -0.2) is 24.4 Å². The molecule has 80 valence electrons. The third-order valence-electron chi connectivity index (χ3n) is 2.71. The van der Waals surface area contributed by atoms with Crippen LogP contribution in [0.3, 0.4) is 0 Å². The summed E-state index contributed by atoms with van der Waals surface area (Å²) in [5, 5.41) is 2.22. The number of carbonyl (C=O) groups excluding carboxylic acids is 3. The average molecular weight is 209 g/mol. The van der Waals surface area contributed by atoms with Crippen molar-refractivity contribution in [3.63, 3.8) is 0 Å². The Hall–Kier alpha value is -1.65. The second-order valence-corrected chi connectivity index (χ2v) is 3.55. The maximum atomic E-state index is 11.5. The highest BCUT2D eigenvalue weighted by atomic mass is 16.5. The first-order chi connectivity index (χ1) is 7.15. The molecule has 0 aromatic heterocycles. The Balaban J connectivity index is 2.20. The quantitative estimate of drug-likeness (QED) is 0.503. The van der Waals surface area contributed by atoms with Crippen LogP contribution < -0.4 is 5.32 Å². The molecule has 2 aliphatic rings. The van der Waals surface area contributed by atoms with Crippen LogP contribution in [-0.2, 0) is 19.1 Å². The predicted molar refractivity (Wildman–Crippen MR) is 49.5 cm³/mol. The summed E-state index contributed by atoms with van der Waals surface area (Å²) in [5.74, 6) is -2.20. The van der Waals surface area contributed by atoms with Gasteiger partial charge in [-0.05, 0) is 13.3 Å². The van der Waals surface area contributed by atoms with Crippen molar-refractivity contribution < 1.29 is 19.1 Å². The Labute approximate surface area is 86.5 Å². The Morgan fingerprint density at radius 2 is 2.27 bits per heavy atom. The monoisotopic (exact) mass is 209 g/mol. The van der Waals surface area contributed by atoms with Gasteiger partial charge in [0.05, 0.1) is 18.4 Å². The highest BCUT2D eigenvalue weighted by molar-refractivity contribution is 6.11. The van der Waals surface area contributed by atoms with E-state index in [-0.39, 0.29) is 18.4 Å². The van der Waals surface area contributed by atoms with Gasteiger partial charge in [0.2, 0.25) is 11.8 Å². The third-order valence-corrected chi connectivity index (χ3v) is 2.71. The molecule has 0 aromatic rings. The van der Waals surface area contributed by atoms with Gasteiger partial charge in [-0.15, -0.1) is 0 Å². The second kappa shape index (κ2) is 3.49. The van der Waals surface area contributed by atoms with Crippen molar-refractivity contribution in [2.45, 2.75) is 13.3 Å². The van der Waals surface area contributed by atoms with E-state index in [2.05, 4.69) is 5.32 Å². The molecule has 1 aliphatic carbocycles. The summed E-state index contributed by atoms with van der Waals surface area (Å²) in [7, 11) is 0. The lowest BCUT2D eigenvalue weighted by atomic mass is 9.94. The topological polar surface area (TPSA) is 72.5 Å². The summed E-state index contributed by atoms with van der Waals surface area (Å²) in [6.45, 7) is 1.97. The van der Waals surface area contributed by atoms with Crippen LogP contribution >= 0.6 is 0 Å². The maximum absolute atomic E-state index is 11.5. The normalized spacial score (nSPS) is 28.5. The summed E-state index contributed by atoms with van der Waals surface area (Å²) in [6, 6.07) is 0. The molecule has 0 radical (unpaired) electrons. The first-order valence-corrected chi connectivity index (χ1v) is 4.87. The number of hydrogen-bond acceptors (Lipinski definition) is 4. The van der Waals surface area contributed by atoms with Crippen LogP contribution in [0.5, 0.6) is 0 Å². The molecule has 5 nitrogen and oxygen atoms in total. The van der Waals surface area contributed by atoms with Crippen molar-refractivity contribution in [2.24, 2.45) is 11.8 Å². The molecule has 0 aromatic carbocycles. The Morgan fingerprint density at radius 3 is 2.93 bits per heavy atom. The number of nitrogens with one attached hydrogen (secondary N) is 1. The molecule has 1 aliphatic heterocycles. The lowest BCUT2D eigenvalue weighted by Gasteiger charge is -2.08. The number of carbonyl (C=O) groups is 3. The van der Waals surface area contributed by atoms with E-state index in [0.29, 0.717) is 12.0 Å². The summed E-state index contributed by atoms with van der Waals surface area (Å²) in [5.41, 5.74) is 0.324. The first-order valence-electron chi connectivity index (χ1n) is 4.87. The van der Waals surface area contributed by atoms with E-state index in [1.807, 2.05) is 0 Å². The van der Waals surface area contributed by atoms with Crippen LogP contribution in [0, 0.1) is 11.8 Å². The molecule has 2 atom stereocenters. The molecule has 2 unspecified atom stereocenters. The zero-order valence-corrected chi connectivity index (χ0v) is 8.28. The van der Waals surface area contributed by atoms with Crippen LogP contribution in [0.15, 0.2) is 11.6 Å². The molecule has 0 bridgehead atoms. The fourth-order valence-corrected chi connectivity index (χ4v) is 2.03. The zero-order chi connectivity index (χ0) is 11.0. The van der Waals surface area contributed by atoms with E-state index in [9.17, 15) is 14.4 Å². The number of rotatable bonds is 2. The van der Waals surface area contributed by atoms with Gasteiger partial charge in [-0.3, -0.25) is 14.9 Å². The van der Waals surface area contributed by atoms with E-state index in [1.54, 1.807) is 13.0 Å². The van der Waals surface area contributed by atoms with Gasteiger partial charge in [0.1, 0.15) is 0 Å². The van der Waals surface area contributed by atoms with Gasteiger partial charge in [-0.1, -0.05) is 6.08 Å². The number of amides is 2. The Kier molecular flexibility index (Phi) is 2.30. The van der Waals surface area contributed by atoms with Crippen LogP contribution in [0.25, 0.3) is 0 Å². The SMILES string of the molecule is CCOC(=O)C1=CCC2C(=O)NC(=O)C12. The van der Waals surface area contributed by atoms with Crippen molar-refractivity contribution >= 4 is 17.8 Å². The van der Waals surface area contributed by atoms with Gasteiger partial charge in [0.25, 0.3) is 0 Å². The highest BCUT2D eigenvalue weighted by Crippen LogP contribution is 2.36. The van der Waals surface area contributed by atoms with Crippen molar-refractivity contribution in [3.05, 3.63) is 11.6 Å². The summed E-state index contributed by atoms with van der Waals surface area (Å²) in [6.07, 6.45) is 2.07. The van der Waals surface area contributed by atoms with Gasteiger partial charge in [0, 0.05) is 5.57 Å². The first kappa shape index (κ1) is 9.89. The number of esters is 1. The van der Waals surface area contributed by atoms with Gasteiger partial charge in [-0.25, -0.2) is 4.79 Å². The van der Waals surface area contributed by atoms with E-state index in [1.165, 1.54) is 0 Å². The van der Waals surface area contributed by atoms with Crippen LogP contribution in [0.1, 0.15) is 13.3 Å². The fourth-order valence-electron chi connectivity index (χ4n) is 2.03. The zero-order valence-electron chi connectivity index (χ0n) is 8.28. The van der Waals surface area contributed by atoms with Crippen molar-refractivity contribution in [3.8, 4) is 0 Å². The molecule has 0 spiro atoms. The van der Waals surface area contributed by atoms with Crippen molar-refractivity contribution in [1.82, 2.24) is 5.32 Å². The molecule has 0 saturated carbocycles. The fraction of sp³-hybridized carbons (Fsp3) is 0.500. The van der Waals surface area contributed by atoms with Crippen molar-refractivity contribution in [2.75, 3.05) is 6.61 Å². The average Bonchev–Trinajstić information content (AvgIpc) is 2.70. The Morgan fingerprint density at radius 1 is 1.53 bits per heavy atom. The minimum atomic E-state index is -0.628. The van der Waals surface area contributed by atoms with Gasteiger partial charge >= 0.3 is 5.97 Å². The summed E-state index contributed by atoms with van der Waals surface area (Å²) in [4.78, 5) is 34.1. The van der Waals surface area contributed by atoms with E-state index in [4.69, 9.17) is 4.74 Å². The maximum Gasteiger partial charge on any atom is 0.334 e. The van der Waals surface area contributed by atoms with E-state index in [0.717, 1.165) is 0 Å². The number of fused-ring (bicyclic) bond motifs is 1. The van der Waals surface area contributed by atoms with Gasteiger partial charge < -0.3 is 4.74 Å². The Bertz CT molecular complexity index is 372. The molecule has 1 N–H and O–H groups in total. The van der Waals surface area contributed by atoms with E-state index < -0.39 is 17.8 Å². The number of allylic oxidation sites excluding steroid dienone is 1.